The van der Waals surface area contributed by atoms with Crippen LogP contribution < -0.4 is 5.14 Å². The minimum atomic E-state index is -4.44. The minimum absolute atomic E-state index is 0.0949. The second-order valence-corrected chi connectivity index (χ2v) is 5.82. The van der Waals surface area contributed by atoms with Crippen LogP contribution in [0.1, 0.15) is 5.56 Å². The van der Waals surface area contributed by atoms with E-state index in [-0.39, 0.29) is 10.5 Å². The predicted molar refractivity (Wildman–Crippen MR) is 52.4 cm³/mol. The molecule has 0 spiro atoms. The number of benzene rings is 1. The summed E-state index contributed by atoms with van der Waals surface area (Å²) in [6.45, 7) is 1.25. The van der Waals surface area contributed by atoms with Crippen molar-refractivity contribution in [1.82, 2.24) is 0 Å². The Morgan fingerprint density at radius 1 is 1.13 bits per heavy atom. The van der Waals surface area contributed by atoms with Gasteiger partial charge in [0.25, 0.3) is 10.1 Å². The van der Waals surface area contributed by atoms with Crippen molar-refractivity contribution >= 4 is 20.1 Å². The number of sulfonamides is 1. The van der Waals surface area contributed by atoms with Gasteiger partial charge in [-0.3, -0.25) is 4.55 Å². The second kappa shape index (κ2) is 3.56. The molecule has 0 unspecified atom stereocenters. The molecule has 0 amide bonds. The molecule has 0 atom stereocenters. The first kappa shape index (κ1) is 12.1. The fourth-order valence-corrected chi connectivity index (χ4v) is 2.80. The molecular weight excluding hydrogens is 242 g/mol. The molecule has 3 N–H and O–H groups in total. The van der Waals surface area contributed by atoms with Crippen molar-refractivity contribution in [3.63, 3.8) is 0 Å². The lowest BCUT2D eigenvalue weighted by Crippen LogP contribution is -2.15. The van der Waals surface area contributed by atoms with Crippen LogP contribution in [-0.4, -0.2) is 21.4 Å². The Kier molecular flexibility index (Phi) is 2.88. The Morgan fingerprint density at radius 3 is 2.00 bits per heavy atom. The van der Waals surface area contributed by atoms with Crippen LogP contribution in [0.3, 0.4) is 0 Å². The summed E-state index contributed by atoms with van der Waals surface area (Å²) in [4.78, 5) is -0.786. The van der Waals surface area contributed by atoms with Gasteiger partial charge in [0.1, 0.15) is 0 Å². The fraction of sp³-hybridized carbons (Fsp3) is 0.143. The lowest BCUT2D eigenvalue weighted by Gasteiger charge is -2.06. The molecule has 0 heterocycles. The molecule has 0 aliphatic carbocycles. The maximum absolute atomic E-state index is 11.0. The normalized spacial score (nSPS) is 12.7. The molecule has 0 saturated carbocycles. The third-order valence-electron chi connectivity index (χ3n) is 1.82. The van der Waals surface area contributed by atoms with Crippen LogP contribution in [0.25, 0.3) is 0 Å². The topological polar surface area (TPSA) is 115 Å². The van der Waals surface area contributed by atoms with Crippen molar-refractivity contribution in [3.05, 3.63) is 23.8 Å². The van der Waals surface area contributed by atoms with Crippen molar-refractivity contribution < 1.29 is 21.4 Å². The molecule has 0 aliphatic rings. The summed E-state index contributed by atoms with van der Waals surface area (Å²) in [7, 11) is -8.43. The van der Waals surface area contributed by atoms with E-state index in [1.807, 2.05) is 0 Å². The smallest absolute Gasteiger partial charge is 0.282 e. The highest BCUT2D eigenvalue weighted by Gasteiger charge is 2.19. The van der Waals surface area contributed by atoms with Gasteiger partial charge in [0.05, 0.1) is 9.79 Å². The monoisotopic (exact) mass is 251 g/mol. The third kappa shape index (κ3) is 2.53. The van der Waals surface area contributed by atoms with Gasteiger partial charge < -0.3 is 0 Å². The summed E-state index contributed by atoms with van der Waals surface area (Å²) < 4.78 is 52.6. The summed E-state index contributed by atoms with van der Waals surface area (Å²) in [5.41, 5.74) is -0.0949. The highest BCUT2D eigenvalue weighted by atomic mass is 32.2. The van der Waals surface area contributed by atoms with Crippen LogP contribution in [-0.2, 0) is 20.1 Å². The van der Waals surface area contributed by atoms with Gasteiger partial charge in [0, 0.05) is 0 Å². The molecular formula is C7H9NO5S2. The van der Waals surface area contributed by atoms with Crippen molar-refractivity contribution in [1.29, 1.82) is 0 Å². The Morgan fingerprint density at radius 2 is 1.60 bits per heavy atom. The lowest BCUT2D eigenvalue weighted by molar-refractivity contribution is 0.482. The van der Waals surface area contributed by atoms with Crippen LogP contribution in [0.4, 0.5) is 0 Å². The Hall–Kier alpha value is -0.960. The molecule has 8 heteroatoms. The van der Waals surface area contributed by atoms with Gasteiger partial charge in [-0.2, -0.15) is 8.42 Å². The second-order valence-electron chi connectivity index (χ2n) is 2.90. The zero-order chi connectivity index (χ0) is 11.9. The van der Waals surface area contributed by atoms with E-state index in [0.29, 0.717) is 0 Å². The fourth-order valence-electron chi connectivity index (χ4n) is 1.18. The number of primary sulfonamides is 1. The van der Waals surface area contributed by atoms with Gasteiger partial charge in [-0.1, -0.05) is 6.07 Å². The van der Waals surface area contributed by atoms with Gasteiger partial charge in [0.15, 0.2) is 0 Å². The Balaban J connectivity index is 3.65. The van der Waals surface area contributed by atoms with Crippen LogP contribution >= 0.6 is 0 Å². The molecule has 84 valence electrons. The average molecular weight is 251 g/mol. The number of hydrogen-bond acceptors (Lipinski definition) is 4. The molecule has 0 bridgehead atoms. The van der Waals surface area contributed by atoms with Crippen LogP contribution in [0.2, 0.25) is 0 Å². The van der Waals surface area contributed by atoms with Gasteiger partial charge >= 0.3 is 0 Å². The zero-order valence-electron chi connectivity index (χ0n) is 7.71. The zero-order valence-corrected chi connectivity index (χ0v) is 9.34. The highest BCUT2D eigenvalue weighted by Crippen LogP contribution is 2.21. The van der Waals surface area contributed by atoms with Crippen LogP contribution in [0, 0.1) is 6.92 Å². The molecule has 6 nitrogen and oxygen atoms in total. The SMILES string of the molecule is Cc1c(S(N)(=O)=O)cccc1S(=O)(=O)O. The minimum Gasteiger partial charge on any atom is -0.282 e. The van der Waals surface area contributed by atoms with Gasteiger partial charge in [0.2, 0.25) is 10.0 Å². The molecule has 1 aromatic rings. The third-order valence-corrected chi connectivity index (χ3v) is 3.87. The highest BCUT2D eigenvalue weighted by molar-refractivity contribution is 7.89. The van der Waals surface area contributed by atoms with E-state index in [9.17, 15) is 16.8 Å². The van der Waals surface area contributed by atoms with Crippen LogP contribution in [0.5, 0.6) is 0 Å². The van der Waals surface area contributed by atoms with E-state index in [2.05, 4.69) is 0 Å². The summed E-state index contributed by atoms with van der Waals surface area (Å²) in [5, 5.41) is 4.87. The van der Waals surface area contributed by atoms with Crippen molar-refractivity contribution in [2.24, 2.45) is 5.14 Å². The van der Waals surface area contributed by atoms with Crippen molar-refractivity contribution in [2.45, 2.75) is 16.7 Å². The molecule has 1 rings (SSSR count). The van der Waals surface area contributed by atoms with E-state index in [0.717, 1.165) is 6.07 Å². The Bertz CT molecular complexity index is 538. The standard InChI is InChI=1S/C7H9NO5S2/c1-5-6(14(8,9)10)3-2-4-7(5)15(11,12)13/h2-4H,1H3,(H2,8,9,10)(H,11,12,13). The first-order valence-corrected chi connectivity index (χ1v) is 6.72. The summed E-state index contributed by atoms with van der Waals surface area (Å²) >= 11 is 0. The molecule has 0 saturated heterocycles. The van der Waals surface area contributed by atoms with E-state index < -0.39 is 25.0 Å². The van der Waals surface area contributed by atoms with Gasteiger partial charge in [-0.25, -0.2) is 13.6 Å². The molecule has 0 aromatic heterocycles. The summed E-state index contributed by atoms with van der Waals surface area (Å²) in [5.74, 6) is 0. The Labute approximate surface area is 87.5 Å². The van der Waals surface area contributed by atoms with Crippen LogP contribution in [0.15, 0.2) is 28.0 Å². The molecule has 0 fully saturated rings. The van der Waals surface area contributed by atoms with Crippen molar-refractivity contribution in [2.75, 3.05) is 0 Å². The molecule has 0 radical (unpaired) electrons. The maximum atomic E-state index is 11.0. The van der Waals surface area contributed by atoms with Gasteiger partial charge in [-0.05, 0) is 24.6 Å². The number of rotatable bonds is 2. The summed E-state index contributed by atoms with van der Waals surface area (Å²) in [6, 6.07) is 3.45. The van der Waals surface area contributed by atoms with Crippen molar-refractivity contribution in [3.8, 4) is 0 Å². The maximum Gasteiger partial charge on any atom is 0.294 e. The molecule has 15 heavy (non-hydrogen) atoms. The molecule has 1 aromatic carbocycles. The quantitative estimate of drug-likeness (QED) is 0.711. The molecule has 0 aliphatic heterocycles. The summed E-state index contributed by atoms with van der Waals surface area (Å²) in [6.07, 6.45) is 0. The van der Waals surface area contributed by atoms with E-state index >= 15 is 0 Å². The number of nitrogens with two attached hydrogens (primary N) is 1. The predicted octanol–water partition coefficient (Wildman–Crippen LogP) is -0.111. The van der Waals surface area contributed by atoms with E-state index in [1.54, 1.807) is 0 Å². The average Bonchev–Trinajstić information content (AvgIpc) is 1.99. The number of hydrogen-bond donors (Lipinski definition) is 2. The van der Waals surface area contributed by atoms with E-state index in [4.69, 9.17) is 9.69 Å². The first-order chi connectivity index (χ1) is 6.64. The van der Waals surface area contributed by atoms with Gasteiger partial charge in [-0.15, -0.1) is 0 Å². The largest absolute Gasteiger partial charge is 0.294 e. The lowest BCUT2D eigenvalue weighted by atomic mass is 10.2. The van der Waals surface area contributed by atoms with E-state index in [1.165, 1.54) is 19.1 Å². The first-order valence-electron chi connectivity index (χ1n) is 3.74.